The van der Waals surface area contributed by atoms with E-state index in [-0.39, 0.29) is 19.0 Å². The van der Waals surface area contributed by atoms with Crippen LogP contribution in [0.2, 0.25) is 0 Å². The summed E-state index contributed by atoms with van der Waals surface area (Å²) in [4.78, 5) is 31.5. The monoisotopic (exact) mass is 780 g/mol. The Morgan fingerprint density at radius 3 is 1.15 bits per heavy atom. The minimum atomic E-state index is -5.38. The summed E-state index contributed by atoms with van der Waals surface area (Å²) in [6, 6.07) is 0. The molecule has 0 saturated carbocycles. The van der Waals surface area contributed by atoms with Crippen LogP contribution in [-0.2, 0) is 29.2 Å². The fourth-order valence-corrected chi connectivity index (χ4v) is 7.30. The summed E-state index contributed by atoms with van der Waals surface area (Å²) < 4.78 is 37.6. The van der Waals surface area contributed by atoms with Gasteiger partial charge in [0.15, 0.2) is 17.0 Å². The summed E-state index contributed by atoms with van der Waals surface area (Å²) in [5, 5.41) is 22.3. The van der Waals surface area contributed by atoms with E-state index in [9.17, 15) is 32.8 Å². The van der Waals surface area contributed by atoms with Crippen LogP contribution in [0.1, 0.15) is 240 Å². The Morgan fingerprint density at radius 1 is 0.585 bits per heavy atom. The highest BCUT2D eigenvalue weighted by Crippen LogP contribution is 2.37. The molecule has 0 aromatic rings. The molecule has 0 saturated heterocycles. The van der Waals surface area contributed by atoms with Gasteiger partial charge in [-0.15, -0.1) is 4.33 Å². The maximum Gasteiger partial charge on any atom is 0.245 e. The first-order valence-electron chi connectivity index (χ1n) is 21.6. The second-order valence-electron chi connectivity index (χ2n) is 15.7. The first kappa shape index (κ1) is 54.2. The minimum Gasteiger partial charge on any atom is -0.724 e. The van der Waals surface area contributed by atoms with E-state index in [1.807, 2.05) is 0 Å². The Labute approximate surface area is 326 Å². The number of aliphatic hydroxyl groups is 2. The number of aliphatic hydroxyl groups excluding tert-OH is 1. The zero-order chi connectivity index (χ0) is 39.0. The van der Waals surface area contributed by atoms with Crippen molar-refractivity contribution in [3.63, 3.8) is 0 Å². The van der Waals surface area contributed by atoms with Gasteiger partial charge in [-0.2, -0.15) is 0 Å². The van der Waals surface area contributed by atoms with Gasteiger partial charge in [0.2, 0.25) is 10.4 Å². The van der Waals surface area contributed by atoms with E-state index in [4.69, 9.17) is 4.89 Å². The normalized spacial score (nSPS) is 14.7. The first-order valence-corrected chi connectivity index (χ1v) is 23.0. The molecule has 53 heavy (non-hydrogen) atoms. The van der Waals surface area contributed by atoms with Gasteiger partial charge in [0.1, 0.15) is 5.78 Å². The van der Waals surface area contributed by atoms with E-state index < -0.39 is 45.7 Å². The fourth-order valence-electron chi connectivity index (χ4n) is 7.08. The molecule has 0 bridgehead atoms. The highest BCUT2D eigenvalue weighted by atomic mass is 32.3. The van der Waals surface area contributed by atoms with Crippen molar-refractivity contribution < 1.29 is 42.0 Å². The molecule has 0 aromatic carbocycles. The maximum atomic E-state index is 13.5. The first-order chi connectivity index (χ1) is 24.8. The van der Waals surface area contributed by atoms with E-state index >= 15 is 0 Å². The lowest BCUT2D eigenvalue weighted by atomic mass is 9.72. The highest BCUT2D eigenvalue weighted by Gasteiger charge is 2.58. The molecule has 0 fully saturated rings. The average molecular weight is 780 g/mol. The highest BCUT2D eigenvalue weighted by molar-refractivity contribution is 7.80. The standard InChI is InChI=1S/C42H82O9S.H3N/c1-5-7-9-11-13-15-17-19-21-23-25-27-29-31-33-35-39(44)37-42(46,41(4,38(3)43)50-51-52(47,48)49)40(45)36-34-32-30-28-26-24-22-20-18-16-14-12-10-8-6-2;/h38,43,46H,5-37H2,1-4H3,(H,47,48,49);1H3. The molecule has 0 aliphatic rings. The van der Waals surface area contributed by atoms with E-state index in [0.717, 1.165) is 51.9 Å². The van der Waals surface area contributed by atoms with Crippen LogP contribution in [0.25, 0.3) is 0 Å². The maximum absolute atomic E-state index is 13.5. The average Bonchev–Trinajstić information content (AvgIpc) is 3.09. The van der Waals surface area contributed by atoms with Crippen LogP contribution in [0.5, 0.6) is 0 Å². The van der Waals surface area contributed by atoms with Crippen LogP contribution in [-0.4, -0.2) is 52.1 Å². The number of Topliss-reactive ketones (excluding diaryl/α,β-unsaturated/α-hetero) is 2. The van der Waals surface area contributed by atoms with Gasteiger partial charge in [-0.3, -0.25) is 9.59 Å². The largest absolute Gasteiger partial charge is 0.724 e. The van der Waals surface area contributed by atoms with Gasteiger partial charge in [0.05, 0.1) is 6.10 Å². The second-order valence-corrected chi connectivity index (χ2v) is 16.7. The van der Waals surface area contributed by atoms with Gasteiger partial charge in [-0.05, 0) is 26.7 Å². The Bertz CT molecular complexity index is 978. The van der Waals surface area contributed by atoms with Crippen LogP contribution >= 0.6 is 0 Å². The van der Waals surface area contributed by atoms with Crippen molar-refractivity contribution in [2.45, 2.75) is 257 Å². The predicted octanol–water partition coefficient (Wildman–Crippen LogP) is 11.7. The number of hydrogen-bond donors (Lipinski definition) is 3. The van der Waals surface area contributed by atoms with E-state index in [0.29, 0.717) is 12.8 Å². The SMILES string of the molecule is CCCCCCCCCCCCCCCCCC(=O)CC(O)(C(=O)CCCCCCCCCCCCCCCCC)C(C)(OOS(=O)(=O)[O-])C(C)O.[NH4+]. The second kappa shape index (κ2) is 34.3. The quantitative estimate of drug-likeness (QED) is 0.0179. The van der Waals surface area contributed by atoms with Gasteiger partial charge in [0, 0.05) is 19.3 Å². The number of hydrogen-bond acceptors (Lipinski definition) is 9. The number of carbonyl (C=O) groups excluding carboxylic acids is 2. The Balaban J connectivity index is 0. The van der Waals surface area contributed by atoms with Crippen molar-refractivity contribution in [2.24, 2.45) is 0 Å². The van der Waals surface area contributed by atoms with Crippen LogP contribution < -0.4 is 6.15 Å². The lowest BCUT2D eigenvalue weighted by molar-refractivity contribution is -0.348. The third-order valence-electron chi connectivity index (χ3n) is 10.9. The number of rotatable bonds is 40. The van der Waals surface area contributed by atoms with E-state index in [1.165, 1.54) is 142 Å². The van der Waals surface area contributed by atoms with Crippen molar-refractivity contribution >= 4 is 22.0 Å². The summed E-state index contributed by atoms with van der Waals surface area (Å²) in [5.41, 5.74) is -4.96. The molecule has 0 rings (SSSR count). The Kier molecular flexibility index (Phi) is 35.1. The predicted molar refractivity (Wildman–Crippen MR) is 217 cm³/mol. The molecule has 0 aliphatic carbocycles. The minimum absolute atomic E-state index is 0. The molecule has 10 nitrogen and oxygen atoms in total. The molecule has 0 amide bonds. The lowest BCUT2D eigenvalue weighted by Crippen LogP contribution is -2.65. The van der Waals surface area contributed by atoms with Gasteiger partial charge >= 0.3 is 0 Å². The third-order valence-corrected chi connectivity index (χ3v) is 11.1. The zero-order valence-electron chi connectivity index (χ0n) is 35.1. The zero-order valence-corrected chi connectivity index (χ0v) is 35.9. The van der Waals surface area contributed by atoms with E-state index in [1.54, 1.807) is 0 Å². The molecule has 6 N–H and O–H groups in total. The van der Waals surface area contributed by atoms with Crippen molar-refractivity contribution in [1.29, 1.82) is 0 Å². The van der Waals surface area contributed by atoms with Crippen LogP contribution in [0.15, 0.2) is 0 Å². The molecule has 0 aliphatic heterocycles. The van der Waals surface area contributed by atoms with Crippen molar-refractivity contribution in [3.8, 4) is 0 Å². The molecule has 11 heteroatoms. The number of ketones is 2. The Hall–Kier alpha value is -0.950. The molecule has 3 atom stereocenters. The summed E-state index contributed by atoms with van der Waals surface area (Å²) in [7, 11) is -5.38. The van der Waals surface area contributed by atoms with Crippen LogP contribution in [0, 0.1) is 0 Å². The summed E-state index contributed by atoms with van der Waals surface area (Å²) >= 11 is 0. The fraction of sp³-hybridized carbons (Fsp3) is 0.952. The number of carbonyl (C=O) groups is 2. The molecular formula is C42H85NO9S. The molecule has 0 radical (unpaired) electrons. The molecular weight excluding hydrogens is 695 g/mol. The van der Waals surface area contributed by atoms with Gasteiger partial charge in [0.25, 0.3) is 0 Å². The summed E-state index contributed by atoms with van der Waals surface area (Å²) in [6.45, 7) is 6.76. The Morgan fingerprint density at radius 2 is 0.868 bits per heavy atom. The molecule has 0 heterocycles. The third kappa shape index (κ3) is 28.2. The molecule has 0 aromatic heterocycles. The number of quaternary nitrogens is 1. The molecule has 318 valence electrons. The summed E-state index contributed by atoms with van der Waals surface area (Å²) in [5.74, 6) is -1.15. The van der Waals surface area contributed by atoms with Gasteiger partial charge < -0.3 is 20.9 Å². The van der Waals surface area contributed by atoms with Crippen molar-refractivity contribution in [3.05, 3.63) is 0 Å². The number of unbranched alkanes of at least 4 members (excludes halogenated alkanes) is 28. The van der Waals surface area contributed by atoms with Crippen LogP contribution in [0.4, 0.5) is 0 Å². The molecule has 3 unspecified atom stereocenters. The topological polar surface area (TPSA) is 187 Å². The smallest absolute Gasteiger partial charge is 0.245 e. The van der Waals surface area contributed by atoms with Crippen LogP contribution in [0.3, 0.4) is 0 Å². The van der Waals surface area contributed by atoms with E-state index in [2.05, 4.69) is 18.2 Å². The summed E-state index contributed by atoms with van der Waals surface area (Å²) in [6.07, 6.45) is 32.9. The molecule has 0 spiro atoms. The van der Waals surface area contributed by atoms with Crippen molar-refractivity contribution in [1.82, 2.24) is 6.15 Å². The lowest BCUT2D eigenvalue weighted by Gasteiger charge is -2.43. The van der Waals surface area contributed by atoms with Gasteiger partial charge in [-0.25, -0.2) is 13.3 Å². The van der Waals surface area contributed by atoms with Gasteiger partial charge in [-0.1, -0.05) is 194 Å². The van der Waals surface area contributed by atoms with Crippen molar-refractivity contribution in [2.75, 3.05) is 0 Å².